The molecule has 0 aliphatic heterocycles. The van der Waals surface area contributed by atoms with Crippen LogP contribution in [0.3, 0.4) is 0 Å². The minimum Gasteiger partial charge on any atom is -0.398 e. The van der Waals surface area contributed by atoms with Crippen LogP contribution in [0.1, 0.15) is 25.3 Å². The van der Waals surface area contributed by atoms with E-state index in [1.165, 1.54) is 16.4 Å². The summed E-state index contributed by atoms with van der Waals surface area (Å²) in [4.78, 5) is 0.185. The summed E-state index contributed by atoms with van der Waals surface area (Å²) >= 11 is 6.01. The van der Waals surface area contributed by atoms with Crippen molar-refractivity contribution in [3.63, 3.8) is 0 Å². The Balaban J connectivity index is 2.46. The van der Waals surface area contributed by atoms with E-state index in [0.717, 1.165) is 12.8 Å². The summed E-state index contributed by atoms with van der Waals surface area (Å²) in [5, 5.41) is 0.389. The first kappa shape index (κ1) is 13.6. The molecule has 2 rings (SSSR count). The van der Waals surface area contributed by atoms with Gasteiger partial charge in [-0.25, -0.2) is 8.42 Å². The molecule has 0 saturated heterocycles. The number of hydrogen-bond donors (Lipinski definition) is 1. The SMILES string of the molecule is CCN(C1CC1)S(=O)(=O)c1cc(N)c(C)c(Cl)c1. The Bertz CT molecular complexity index is 544. The smallest absolute Gasteiger partial charge is 0.243 e. The van der Waals surface area contributed by atoms with Gasteiger partial charge >= 0.3 is 0 Å². The highest BCUT2D eigenvalue weighted by Gasteiger charge is 2.37. The maximum absolute atomic E-state index is 12.5. The fraction of sp³-hybridized carbons (Fsp3) is 0.500. The molecule has 0 aromatic heterocycles. The van der Waals surface area contributed by atoms with Crippen LogP contribution in [0.25, 0.3) is 0 Å². The van der Waals surface area contributed by atoms with E-state index < -0.39 is 10.0 Å². The van der Waals surface area contributed by atoms with Crippen molar-refractivity contribution < 1.29 is 8.42 Å². The molecule has 0 amide bonds. The Kier molecular flexibility index (Phi) is 3.58. The second kappa shape index (κ2) is 4.72. The van der Waals surface area contributed by atoms with Crippen molar-refractivity contribution in [2.75, 3.05) is 12.3 Å². The summed E-state index contributed by atoms with van der Waals surface area (Å²) in [6.07, 6.45) is 1.87. The summed E-state index contributed by atoms with van der Waals surface area (Å²) in [6, 6.07) is 3.11. The Labute approximate surface area is 113 Å². The number of hydrogen-bond acceptors (Lipinski definition) is 3. The third kappa shape index (κ3) is 2.35. The third-order valence-corrected chi connectivity index (χ3v) is 5.63. The highest BCUT2D eigenvalue weighted by molar-refractivity contribution is 7.89. The van der Waals surface area contributed by atoms with Crippen LogP contribution in [0.2, 0.25) is 5.02 Å². The van der Waals surface area contributed by atoms with Gasteiger partial charge in [-0.3, -0.25) is 0 Å². The highest BCUT2D eigenvalue weighted by atomic mass is 35.5. The molecule has 0 radical (unpaired) electrons. The fourth-order valence-corrected chi connectivity index (χ4v) is 3.99. The Hall–Kier alpha value is -0.780. The monoisotopic (exact) mass is 288 g/mol. The average Bonchev–Trinajstić information content (AvgIpc) is 3.10. The lowest BCUT2D eigenvalue weighted by molar-refractivity contribution is 0.421. The van der Waals surface area contributed by atoms with Crippen molar-refractivity contribution in [3.8, 4) is 0 Å². The van der Waals surface area contributed by atoms with Crippen molar-refractivity contribution in [3.05, 3.63) is 22.7 Å². The van der Waals surface area contributed by atoms with Crippen LogP contribution in [0.5, 0.6) is 0 Å². The van der Waals surface area contributed by atoms with E-state index in [1.54, 1.807) is 6.92 Å². The molecule has 4 nitrogen and oxygen atoms in total. The van der Waals surface area contributed by atoms with E-state index in [-0.39, 0.29) is 10.9 Å². The quantitative estimate of drug-likeness (QED) is 0.865. The molecule has 0 unspecified atom stereocenters. The first-order valence-electron chi connectivity index (χ1n) is 5.95. The van der Waals surface area contributed by atoms with Gasteiger partial charge in [0, 0.05) is 23.3 Å². The number of halogens is 1. The Morgan fingerprint density at radius 3 is 2.50 bits per heavy atom. The zero-order valence-electron chi connectivity index (χ0n) is 10.5. The molecule has 0 bridgehead atoms. The molecular weight excluding hydrogens is 272 g/mol. The van der Waals surface area contributed by atoms with E-state index >= 15 is 0 Å². The normalized spacial score (nSPS) is 16.2. The van der Waals surface area contributed by atoms with Gasteiger partial charge in [-0.05, 0) is 37.5 Å². The molecule has 1 saturated carbocycles. The lowest BCUT2D eigenvalue weighted by Gasteiger charge is -2.20. The number of nitrogens with zero attached hydrogens (tertiary/aromatic N) is 1. The van der Waals surface area contributed by atoms with Crippen molar-refractivity contribution in [1.82, 2.24) is 4.31 Å². The summed E-state index contributed by atoms with van der Waals surface area (Å²) in [6.45, 7) is 4.08. The first-order chi connectivity index (χ1) is 8.37. The highest BCUT2D eigenvalue weighted by Crippen LogP contribution is 2.34. The van der Waals surface area contributed by atoms with Crippen molar-refractivity contribution in [2.24, 2.45) is 0 Å². The van der Waals surface area contributed by atoms with Crippen molar-refractivity contribution >= 4 is 27.3 Å². The average molecular weight is 289 g/mol. The van der Waals surface area contributed by atoms with Crippen LogP contribution < -0.4 is 5.73 Å². The molecule has 0 heterocycles. The number of sulfonamides is 1. The van der Waals surface area contributed by atoms with Gasteiger partial charge in [-0.2, -0.15) is 4.31 Å². The van der Waals surface area contributed by atoms with Gasteiger partial charge in [0.2, 0.25) is 10.0 Å². The maximum Gasteiger partial charge on any atom is 0.243 e. The van der Waals surface area contributed by atoms with Crippen LogP contribution in [0.15, 0.2) is 17.0 Å². The summed E-state index contributed by atoms with van der Waals surface area (Å²) < 4.78 is 26.5. The number of anilines is 1. The van der Waals surface area contributed by atoms with Gasteiger partial charge in [-0.15, -0.1) is 0 Å². The van der Waals surface area contributed by atoms with Crippen LogP contribution in [-0.4, -0.2) is 25.3 Å². The second-order valence-electron chi connectivity index (χ2n) is 4.56. The predicted molar refractivity (Wildman–Crippen MR) is 73.2 cm³/mol. The largest absolute Gasteiger partial charge is 0.398 e. The first-order valence-corrected chi connectivity index (χ1v) is 7.77. The van der Waals surface area contributed by atoms with E-state index in [2.05, 4.69) is 0 Å². The van der Waals surface area contributed by atoms with Gasteiger partial charge in [0.05, 0.1) is 4.90 Å². The Morgan fingerprint density at radius 2 is 2.06 bits per heavy atom. The summed E-state index contributed by atoms with van der Waals surface area (Å²) in [7, 11) is -3.48. The predicted octanol–water partition coefficient (Wildman–Crippen LogP) is 2.40. The molecule has 0 atom stereocenters. The van der Waals surface area contributed by atoms with E-state index in [9.17, 15) is 8.42 Å². The van der Waals surface area contributed by atoms with Crippen LogP contribution in [-0.2, 0) is 10.0 Å². The minimum atomic E-state index is -3.48. The molecule has 1 fully saturated rings. The molecule has 1 aliphatic rings. The zero-order chi connectivity index (χ0) is 13.5. The van der Waals surface area contributed by atoms with E-state index in [0.29, 0.717) is 22.8 Å². The number of nitrogen functional groups attached to an aromatic ring is 1. The molecule has 0 spiro atoms. The molecule has 1 aromatic rings. The maximum atomic E-state index is 12.5. The zero-order valence-corrected chi connectivity index (χ0v) is 12.1. The molecule has 1 aromatic carbocycles. The molecule has 100 valence electrons. The standard InChI is InChI=1S/C12H17ClN2O2S/c1-3-15(9-4-5-9)18(16,17)10-6-11(13)8(2)12(14)7-10/h6-7,9H,3-5,14H2,1-2H3. The van der Waals surface area contributed by atoms with Crippen LogP contribution in [0, 0.1) is 6.92 Å². The number of nitrogens with two attached hydrogens (primary N) is 1. The number of benzene rings is 1. The van der Waals surface area contributed by atoms with Crippen LogP contribution in [0.4, 0.5) is 5.69 Å². The van der Waals surface area contributed by atoms with Crippen molar-refractivity contribution in [1.29, 1.82) is 0 Å². The topological polar surface area (TPSA) is 63.4 Å². The minimum absolute atomic E-state index is 0.140. The van der Waals surface area contributed by atoms with Crippen molar-refractivity contribution in [2.45, 2.75) is 37.6 Å². The van der Waals surface area contributed by atoms with Gasteiger partial charge in [0.1, 0.15) is 0 Å². The van der Waals surface area contributed by atoms with Gasteiger partial charge in [0.15, 0.2) is 0 Å². The number of rotatable bonds is 4. The molecule has 18 heavy (non-hydrogen) atoms. The molecule has 2 N–H and O–H groups in total. The van der Waals surface area contributed by atoms with Crippen LogP contribution >= 0.6 is 11.6 Å². The van der Waals surface area contributed by atoms with E-state index in [1.807, 2.05) is 6.92 Å². The third-order valence-electron chi connectivity index (χ3n) is 3.23. The van der Waals surface area contributed by atoms with Gasteiger partial charge < -0.3 is 5.73 Å². The lowest BCUT2D eigenvalue weighted by Crippen LogP contribution is -2.33. The Morgan fingerprint density at radius 1 is 1.44 bits per heavy atom. The second-order valence-corrected chi connectivity index (χ2v) is 6.86. The van der Waals surface area contributed by atoms with Gasteiger partial charge in [-0.1, -0.05) is 18.5 Å². The lowest BCUT2D eigenvalue weighted by atomic mass is 10.2. The van der Waals surface area contributed by atoms with E-state index in [4.69, 9.17) is 17.3 Å². The molecule has 1 aliphatic carbocycles. The molecular formula is C12H17ClN2O2S. The summed E-state index contributed by atoms with van der Waals surface area (Å²) in [5.74, 6) is 0. The molecule has 6 heteroatoms. The summed E-state index contributed by atoms with van der Waals surface area (Å²) in [5.41, 5.74) is 6.91. The fourth-order valence-electron chi connectivity index (χ4n) is 1.95. The van der Waals surface area contributed by atoms with Gasteiger partial charge in [0.25, 0.3) is 0 Å².